The Hall–Kier alpha value is -3.86. The zero-order valence-corrected chi connectivity index (χ0v) is 21.5. The van der Waals surface area contributed by atoms with E-state index in [9.17, 15) is 14.4 Å². The van der Waals surface area contributed by atoms with Gasteiger partial charge >= 0.3 is 6.03 Å². The third-order valence-electron chi connectivity index (χ3n) is 6.84. The summed E-state index contributed by atoms with van der Waals surface area (Å²) in [6, 6.07) is 14.5. The van der Waals surface area contributed by atoms with E-state index in [4.69, 9.17) is 11.0 Å². The molecule has 0 spiro atoms. The summed E-state index contributed by atoms with van der Waals surface area (Å²) in [7, 11) is 1.70. The lowest BCUT2D eigenvalue weighted by Gasteiger charge is -2.33. The number of rotatable bonds is 7. The summed E-state index contributed by atoms with van der Waals surface area (Å²) in [5.74, 6) is 0.127. The van der Waals surface area contributed by atoms with E-state index >= 15 is 0 Å². The van der Waals surface area contributed by atoms with Gasteiger partial charge in [0.15, 0.2) is 0 Å². The molecule has 1 aliphatic rings. The fourth-order valence-corrected chi connectivity index (χ4v) is 4.61. The first-order valence-corrected chi connectivity index (χ1v) is 12.3. The number of anilines is 1. The zero-order valence-electron chi connectivity index (χ0n) is 21.5. The number of nitrogens with zero attached hydrogens (tertiary/aromatic N) is 4. The molecule has 0 aliphatic carbocycles. The van der Waals surface area contributed by atoms with Crippen LogP contribution < -0.4 is 10.6 Å². The van der Waals surface area contributed by atoms with Crippen molar-refractivity contribution in [2.45, 2.75) is 39.5 Å². The lowest BCUT2D eigenvalue weighted by Crippen LogP contribution is -2.43. The molecule has 4 amide bonds. The largest absolute Gasteiger partial charge is 0.351 e. The SMILES string of the molecule is Cc1ccc(C(=O)N2CCC(c3ccc(C#N)cc3)CC2)cc1N(CCN(C)C(=O)C(C)C)C(N)=O. The predicted molar refractivity (Wildman–Crippen MR) is 140 cm³/mol. The van der Waals surface area contributed by atoms with Crippen LogP contribution in [0.1, 0.15) is 59.7 Å². The molecule has 8 nitrogen and oxygen atoms in total. The topological polar surface area (TPSA) is 111 Å². The second kappa shape index (κ2) is 11.7. The number of amides is 4. The van der Waals surface area contributed by atoms with E-state index in [2.05, 4.69) is 6.07 Å². The average molecular weight is 490 g/mol. The molecule has 1 fully saturated rings. The summed E-state index contributed by atoms with van der Waals surface area (Å²) in [6.07, 6.45) is 1.69. The van der Waals surface area contributed by atoms with Gasteiger partial charge in [0.1, 0.15) is 0 Å². The second-order valence-electron chi connectivity index (χ2n) is 9.71. The van der Waals surface area contributed by atoms with Crippen molar-refractivity contribution in [3.8, 4) is 6.07 Å². The maximum atomic E-state index is 13.3. The van der Waals surface area contributed by atoms with Crippen molar-refractivity contribution in [3.05, 3.63) is 64.7 Å². The van der Waals surface area contributed by atoms with Gasteiger partial charge in [-0.25, -0.2) is 4.79 Å². The Labute approximate surface area is 213 Å². The maximum absolute atomic E-state index is 13.3. The molecule has 0 aromatic heterocycles. The first-order valence-electron chi connectivity index (χ1n) is 12.3. The maximum Gasteiger partial charge on any atom is 0.319 e. The number of hydrogen-bond donors (Lipinski definition) is 1. The minimum Gasteiger partial charge on any atom is -0.351 e. The first kappa shape index (κ1) is 26.7. The monoisotopic (exact) mass is 489 g/mol. The van der Waals surface area contributed by atoms with Crippen LogP contribution in [-0.4, -0.2) is 60.9 Å². The Morgan fingerprint density at radius 1 is 1.08 bits per heavy atom. The molecule has 1 saturated heterocycles. The number of nitrogens with two attached hydrogens (primary N) is 1. The van der Waals surface area contributed by atoms with Crippen LogP contribution in [0.2, 0.25) is 0 Å². The number of likely N-dealkylation sites (tertiary alicyclic amines) is 1. The molecule has 0 radical (unpaired) electrons. The Kier molecular flexibility index (Phi) is 8.70. The van der Waals surface area contributed by atoms with E-state index in [1.807, 2.05) is 56.0 Å². The average Bonchev–Trinajstić information content (AvgIpc) is 2.88. The van der Waals surface area contributed by atoms with Crippen LogP contribution in [0.5, 0.6) is 0 Å². The van der Waals surface area contributed by atoms with Crippen molar-refractivity contribution in [3.63, 3.8) is 0 Å². The minimum absolute atomic E-state index is 0.00974. The summed E-state index contributed by atoms with van der Waals surface area (Å²) in [4.78, 5) is 42.7. The van der Waals surface area contributed by atoms with Crippen molar-refractivity contribution in [2.75, 3.05) is 38.1 Å². The highest BCUT2D eigenvalue weighted by atomic mass is 16.2. The third-order valence-corrected chi connectivity index (χ3v) is 6.84. The highest BCUT2D eigenvalue weighted by Gasteiger charge is 2.26. The second-order valence-corrected chi connectivity index (χ2v) is 9.71. The number of urea groups is 1. The molecule has 0 unspecified atom stereocenters. The Bertz CT molecular complexity index is 1140. The van der Waals surface area contributed by atoms with Crippen LogP contribution in [0.4, 0.5) is 10.5 Å². The molecule has 1 heterocycles. The van der Waals surface area contributed by atoms with E-state index in [0.29, 0.717) is 42.4 Å². The van der Waals surface area contributed by atoms with Crippen LogP contribution >= 0.6 is 0 Å². The van der Waals surface area contributed by atoms with Gasteiger partial charge in [0.2, 0.25) is 5.91 Å². The van der Waals surface area contributed by atoms with Gasteiger partial charge in [0.05, 0.1) is 11.6 Å². The number of aryl methyl sites for hydroxylation is 1. The molecule has 1 aliphatic heterocycles. The zero-order chi connectivity index (χ0) is 26.4. The fourth-order valence-electron chi connectivity index (χ4n) is 4.61. The molecule has 0 atom stereocenters. The molecule has 36 heavy (non-hydrogen) atoms. The summed E-state index contributed by atoms with van der Waals surface area (Å²) in [6.45, 7) is 7.36. The molecule has 2 aromatic rings. The number of likely N-dealkylation sites (N-methyl/N-ethyl adjacent to an activating group) is 1. The summed E-state index contributed by atoms with van der Waals surface area (Å²) < 4.78 is 0. The molecule has 8 heteroatoms. The van der Waals surface area contributed by atoms with Crippen LogP contribution in [0.3, 0.4) is 0 Å². The first-order chi connectivity index (χ1) is 17.1. The summed E-state index contributed by atoms with van der Waals surface area (Å²) in [5.41, 5.74) is 9.42. The number of piperidine rings is 1. The van der Waals surface area contributed by atoms with Gasteiger partial charge < -0.3 is 15.5 Å². The van der Waals surface area contributed by atoms with E-state index in [-0.39, 0.29) is 24.3 Å². The van der Waals surface area contributed by atoms with E-state index in [1.54, 1.807) is 24.1 Å². The van der Waals surface area contributed by atoms with Gasteiger partial charge in [0, 0.05) is 50.4 Å². The molecule has 0 bridgehead atoms. The Balaban J connectivity index is 1.69. The van der Waals surface area contributed by atoms with Gasteiger partial charge in [-0.2, -0.15) is 5.26 Å². The quantitative estimate of drug-likeness (QED) is 0.636. The minimum atomic E-state index is -0.628. The van der Waals surface area contributed by atoms with Gasteiger partial charge in [-0.15, -0.1) is 0 Å². The Morgan fingerprint density at radius 2 is 1.72 bits per heavy atom. The van der Waals surface area contributed by atoms with Gasteiger partial charge in [-0.3, -0.25) is 14.5 Å². The van der Waals surface area contributed by atoms with Crippen molar-refractivity contribution >= 4 is 23.5 Å². The molecule has 2 N–H and O–H groups in total. The highest BCUT2D eigenvalue weighted by molar-refractivity contribution is 5.98. The molecule has 0 saturated carbocycles. The van der Waals surface area contributed by atoms with Crippen LogP contribution in [0, 0.1) is 24.2 Å². The number of primary amides is 1. The molecular weight excluding hydrogens is 454 g/mol. The number of carbonyl (C=O) groups is 3. The van der Waals surface area contributed by atoms with Gasteiger partial charge in [-0.05, 0) is 61.1 Å². The molecule has 2 aromatic carbocycles. The fraction of sp³-hybridized carbons (Fsp3) is 0.429. The van der Waals surface area contributed by atoms with Crippen LogP contribution in [0.15, 0.2) is 42.5 Å². The van der Waals surface area contributed by atoms with Gasteiger partial charge in [-0.1, -0.05) is 32.0 Å². The summed E-state index contributed by atoms with van der Waals surface area (Å²) >= 11 is 0. The Morgan fingerprint density at radius 3 is 2.28 bits per heavy atom. The van der Waals surface area contributed by atoms with E-state index < -0.39 is 6.03 Å². The highest BCUT2D eigenvalue weighted by Crippen LogP contribution is 2.30. The standard InChI is InChI=1S/C28H35N5O3/c1-19(2)26(34)31(4)15-16-33(28(30)36)25-17-24(8-5-20(25)3)27(35)32-13-11-23(12-14-32)22-9-6-21(18-29)7-10-22/h5-10,17,19,23H,11-16H2,1-4H3,(H2,30,36). The van der Waals surface area contributed by atoms with E-state index in [1.165, 1.54) is 10.5 Å². The van der Waals surface area contributed by atoms with Crippen molar-refractivity contribution in [1.82, 2.24) is 9.80 Å². The van der Waals surface area contributed by atoms with Gasteiger partial charge in [0.25, 0.3) is 5.91 Å². The smallest absolute Gasteiger partial charge is 0.319 e. The number of benzene rings is 2. The lowest BCUT2D eigenvalue weighted by molar-refractivity contribution is -0.132. The molecule has 3 rings (SSSR count). The van der Waals surface area contributed by atoms with Crippen LogP contribution in [0.25, 0.3) is 0 Å². The van der Waals surface area contributed by atoms with Crippen molar-refractivity contribution in [1.29, 1.82) is 5.26 Å². The number of carbonyl (C=O) groups excluding carboxylic acids is 3. The van der Waals surface area contributed by atoms with Crippen LogP contribution in [-0.2, 0) is 4.79 Å². The van der Waals surface area contributed by atoms with E-state index in [0.717, 1.165) is 18.4 Å². The molecule has 190 valence electrons. The van der Waals surface area contributed by atoms with Crippen molar-refractivity contribution < 1.29 is 14.4 Å². The summed E-state index contributed by atoms with van der Waals surface area (Å²) in [5, 5.41) is 9.00. The normalized spacial score (nSPS) is 13.8. The third kappa shape index (κ3) is 6.22. The molecular formula is C28H35N5O3. The van der Waals surface area contributed by atoms with Crippen molar-refractivity contribution in [2.24, 2.45) is 11.7 Å². The number of hydrogen-bond acceptors (Lipinski definition) is 4. The number of nitriles is 1. The lowest BCUT2D eigenvalue weighted by atomic mass is 9.89. The predicted octanol–water partition coefficient (Wildman–Crippen LogP) is 3.89.